The van der Waals surface area contributed by atoms with Gasteiger partial charge in [0.05, 0.1) is 13.7 Å². The van der Waals surface area contributed by atoms with Crippen molar-refractivity contribution in [3.63, 3.8) is 0 Å². The van der Waals surface area contributed by atoms with Gasteiger partial charge in [-0.2, -0.15) is 4.98 Å². The maximum Gasteiger partial charge on any atom is 0.323 e. The van der Waals surface area contributed by atoms with E-state index in [1.165, 1.54) is 12.7 Å². The molecule has 1 saturated heterocycles. The molecule has 0 N–H and O–H groups in total. The third kappa shape index (κ3) is 3.33. The second-order valence-electron chi connectivity index (χ2n) is 6.42. The molecule has 2 heterocycles. The number of ether oxygens (including phenoxy) is 1. The minimum absolute atomic E-state index is 0.149. The number of aromatic nitrogens is 2. The molecule has 6 nitrogen and oxygen atoms in total. The van der Waals surface area contributed by atoms with Crippen LogP contribution >= 0.6 is 0 Å². The van der Waals surface area contributed by atoms with Gasteiger partial charge in [-0.15, -0.1) is 0 Å². The van der Waals surface area contributed by atoms with Crippen molar-refractivity contribution in [2.24, 2.45) is 0 Å². The molecule has 3 rings (SSSR count). The number of hydrogen-bond acceptors (Lipinski definition) is 6. The summed E-state index contributed by atoms with van der Waals surface area (Å²) in [6, 6.07) is 10.1. The molecule has 0 bridgehead atoms. The van der Waals surface area contributed by atoms with Gasteiger partial charge in [-0.05, 0) is 18.4 Å². The van der Waals surface area contributed by atoms with E-state index >= 15 is 0 Å². The highest BCUT2D eigenvalue weighted by Gasteiger charge is 2.39. The SMILES string of the molecule is COC(=O)[C@@H]1CC[C@@H](c2ccccc2)N1Cc1noc(C(C)C)n1. The fourth-order valence-corrected chi connectivity index (χ4v) is 3.24. The standard InChI is InChI=1S/C18H23N3O3/c1-12(2)17-19-16(20-24-17)11-21-14(13-7-5-4-6-8-13)9-10-15(21)18(22)23-3/h4-8,12,14-15H,9-11H2,1-3H3/t14-,15-/m0/s1. The molecule has 1 aliphatic heterocycles. The largest absolute Gasteiger partial charge is 0.468 e. The van der Waals surface area contributed by atoms with Crippen LogP contribution in [0.4, 0.5) is 0 Å². The third-order valence-electron chi connectivity index (χ3n) is 4.47. The maximum absolute atomic E-state index is 12.2. The quantitative estimate of drug-likeness (QED) is 0.785. The molecule has 0 spiro atoms. The first-order valence-corrected chi connectivity index (χ1v) is 8.31. The van der Waals surface area contributed by atoms with E-state index in [0.29, 0.717) is 18.3 Å². The lowest BCUT2D eigenvalue weighted by molar-refractivity contribution is -0.146. The molecule has 0 radical (unpaired) electrons. The summed E-state index contributed by atoms with van der Waals surface area (Å²) in [7, 11) is 1.43. The van der Waals surface area contributed by atoms with Crippen molar-refractivity contribution in [3.05, 3.63) is 47.6 Å². The van der Waals surface area contributed by atoms with Crippen molar-refractivity contribution in [1.82, 2.24) is 15.0 Å². The maximum atomic E-state index is 12.2. The number of rotatable bonds is 5. The van der Waals surface area contributed by atoms with Gasteiger partial charge in [0.1, 0.15) is 6.04 Å². The van der Waals surface area contributed by atoms with Crippen LogP contribution in [-0.4, -0.2) is 34.2 Å². The van der Waals surface area contributed by atoms with Crippen LogP contribution in [0.1, 0.15) is 55.9 Å². The molecule has 0 unspecified atom stereocenters. The number of nitrogens with zero attached hydrogens (tertiary/aromatic N) is 3. The number of hydrogen-bond donors (Lipinski definition) is 0. The number of likely N-dealkylation sites (tertiary alicyclic amines) is 1. The van der Waals surface area contributed by atoms with E-state index in [9.17, 15) is 4.79 Å². The first-order chi connectivity index (χ1) is 11.6. The Balaban J connectivity index is 1.85. The minimum Gasteiger partial charge on any atom is -0.468 e. The average molecular weight is 329 g/mol. The Hall–Kier alpha value is -2.21. The summed E-state index contributed by atoms with van der Waals surface area (Å²) < 4.78 is 10.3. The van der Waals surface area contributed by atoms with Crippen molar-refractivity contribution < 1.29 is 14.1 Å². The van der Waals surface area contributed by atoms with Crippen LogP contribution in [-0.2, 0) is 16.1 Å². The van der Waals surface area contributed by atoms with Crippen LogP contribution in [0.2, 0.25) is 0 Å². The molecule has 0 aliphatic carbocycles. The molecule has 0 saturated carbocycles. The van der Waals surface area contributed by atoms with Crippen molar-refractivity contribution in [2.45, 2.75) is 51.2 Å². The fourth-order valence-electron chi connectivity index (χ4n) is 3.24. The van der Waals surface area contributed by atoms with E-state index in [4.69, 9.17) is 9.26 Å². The lowest BCUT2D eigenvalue weighted by Gasteiger charge is -2.27. The predicted molar refractivity (Wildman–Crippen MR) is 88.2 cm³/mol. The van der Waals surface area contributed by atoms with E-state index in [1.54, 1.807) is 0 Å². The topological polar surface area (TPSA) is 68.5 Å². The highest BCUT2D eigenvalue weighted by Crippen LogP contribution is 2.37. The molecule has 1 fully saturated rings. The second kappa shape index (κ2) is 7.13. The Morgan fingerprint density at radius 1 is 1.33 bits per heavy atom. The number of methoxy groups -OCH3 is 1. The van der Waals surface area contributed by atoms with Gasteiger partial charge in [0.15, 0.2) is 5.82 Å². The van der Waals surface area contributed by atoms with Gasteiger partial charge in [-0.25, -0.2) is 0 Å². The van der Waals surface area contributed by atoms with Crippen LogP contribution in [0.15, 0.2) is 34.9 Å². The molecular formula is C18H23N3O3. The smallest absolute Gasteiger partial charge is 0.323 e. The highest BCUT2D eigenvalue weighted by atomic mass is 16.5. The van der Waals surface area contributed by atoms with Crippen LogP contribution in [0.25, 0.3) is 0 Å². The molecular weight excluding hydrogens is 306 g/mol. The zero-order chi connectivity index (χ0) is 17.1. The molecule has 2 atom stereocenters. The van der Waals surface area contributed by atoms with Crippen molar-refractivity contribution in [1.29, 1.82) is 0 Å². The van der Waals surface area contributed by atoms with Gasteiger partial charge in [-0.1, -0.05) is 49.3 Å². The lowest BCUT2D eigenvalue weighted by atomic mass is 10.0. The molecule has 6 heteroatoms. The van der Waals surface area contributed by atoms with Crippen molar-refractivity contribution in [2.75, 3.05) is 7.11 Å². The van der Waals surface area contributed by atoms with Gasteiger partial charge < -0.3 is 9.26 Å². The number of benzene rings is 1. The van der Waals surface area contributed by atoms with E-state index in [-0.39, 0.29) is 24.0 Å². The van der Waals surface area contributed by atoms with E-state index in [0.717, 1.165) is 12.8 Å². The Morgan fingerprint density at radius 2 is 2.08 bits per heavy atom. The molecule has 128 valence electrons. The zero-order valence-electron chi connectivity index (χ0n) is 14.3. The summed E-state index contributed by atoms with van der Waals surface area (Å²) in [4.78, 5) is 18.7. The third-order valence-corrected chi connectivity index (χ3v) is 4.47. The van der Waals surface area contributed by atoms with Gasteiger partial charge in [0.2, 0.25) is 5.89 Å². The van der Waals surface area contributed by atoms with Crippen molar-refractivity contribution in [3.8, 4) is 0 Å². The Morgan fingerprint density at radius 3 is 2.71 bits per heavy atom. The van der Waals surface area contributed by atoms with Crippen LogP contribution in [0, 0.1) is 0 Å². The summed E-state index contributed by atoms with van der Waals surface area (Å²) in [6.07, 6.45) is 1.67. The Kier molecular flexibility index (Phi) is 4.94. The second-order valence-corrected chi connectivity index (χ2v) is 6.42. The molecule has 2 aromatic rings. The van der Waals surface area contributed by atoms with Crippen LogP contribution in [0.5, 0.6) is 0 Å². The van der Waals surface area contributed by atoms with Gasteiger partial charge >= 0.3 is 5.97 Å². The first-order valence-electron chi connectivity index (χ1n) is 8.31. The molecule has 1 aromatic heterocycles. The molecule has 0 amide bonds. The van der Waals surface area contributed by atoms with Crippen molar-refractivity contribution >= 4 is 5.97 Å². The summed E-state index contributed by atoms with van der Waals surface area (Å²) in [5.74, 6) is 1.21. The normalized spacial score (nSPS) is 21.3. The van der Waals surface area contributed by atoms with E-state index < -0.39 is 0 Å². The van der Waals surface area contributed by atoms with Gasteiger partial charge in [-0.3, -0.25) is 9.69 Å². The minimum atomic E-state index is -0.277. The monoisotopic (exact) mass is 329 g/mol. The first kappa shape index (κ1) is 16.6. The van der Waals surface area contributed by atoms with Gasteiger partial charge in [0, 0.05) is 12.0 Å². The zero-order valence-corrected chi connectivity index (χ0v) is 14.3. The fraction of sp³-hybridized carbons (Fsp3) is 0.500. The predicted octanol–water partition coefficient (Wildman–Crippen LogP) is 3.07. The lowest BCUT2D eigenvalue weighted by Crippen LogP contribution is -2.38. The summed E-state index contributed by atoms with van der Waals surface area (Å²) in [6.45, 7) is 4.49. The summed E-state index contributed by atoms with van der Waals surface area (Å²) >= 11 is 0. The number of carbonyl (C=O) groups excluding carboxylic acids is 1. The molecule has 24 heavy (non-hydrogen) atoms. The Bertz CT molecular complexity index is 684. The number of carbonyl (C=O) groups is 1. The van der Waals surface area contributed by atoms with Crippen LogP contribution in [0.3, 0.4) is 0 Å². The van der Waals surface area contributed by atoms with E-state index in [1.807, 2.05) is 32.0 Å². The van der Waals surface area contributed by atoms with E-state index in [2.05, 4.69) is 27.2 Å². The van der Waals surface area contributed by atoms with Crippen LogP contribution < -0.4 is 0 Å². The number of esters is 1. The Labute approximate surface area is 141 Å². The summed E-state index contributed by atoms with van der Waals surface area (Å²) in [5.41, 5.74) is 1.19. The molecule has 1 aliphatic rings. The summed E-state index contributed by atoms with van der Waals surface area (Å²) in [5, 5.41) is 4.07. The highest BCUT2D eigenvalue weighted by molar-refractivity contribution is 5.76. The average Bonchev–Trinajstić information content (AvgIpc) is 3.23. The molecule has 1 aromatic carbocycles. The van der Waals surface area contributed by atoms with Gasteiger partial charge in [0.25, 0.3) is 0 Å².